The largest absolute Gasteiger partial charge is 0.387 e. The van der Waals surface area contributed by atoms with E-state index in [0.29, 0.717) is 17.7 Å². The molecule has 1 heterocycles. The second-order valence-electron chi connectivity index (χ2n) is 7.16. The molecular weight excluding hydrogens is 293 g/mol. The SMILES string of the molecule is COC1CCC(C[C@@H]2CC[C@H]([C@H](O)c3cccc(F)c3)N2)CC1. The second-order valence-corrected chi connectivity index (χ2v) is 7.16. The van der Waals surface area contributed by atoms with Crippen LogP contribution < -0.4 is 5.32 Å². The molecule has 1 aromatic carbocycles. The molecule has 1 saturated carbocycles. The molecule has 0 radical (unpaired) electrons. The lowest BCUT2D eigenvalue weighted by Crippen LogP contribution is -2.35. The number of aliphatic hydroxyl groups is 1. The fourth-order valence-electron chi connectivity index (χ4n) is 4.21. The lowest BCUT2D eigenvalue weighted by atomic mass is 9.83. The van der Waals surface area contributed by atoms with Gasteiger partial charge >= 0.3 is 0 Å². The molecule has 3 atom stereocenters. The third-order valence-electron chi connectivity index (χ3n) is 5.59. The van der Waals surface area contributed by atoms with Crippen molar-refractivity contribution in [1.82, 2.24) is 5.32 Å². The Morgan fingerprint density at radius 2 is 2.00 bits per heavy atom. The normalized spacial score (nSPS) is 32.8. The summed E-state index contributed by atoms with van der Waals surface area (Å²) in [5, 5.41) is 14.1. The van der Waals surface area contributed by atoms with Crippen LogP contribution in [0.25, 0.3) is 0 Å². The fraction of sp³-hybridized carbons (Fsp3) is 0.684. The van der Waals surface area contributed by atoms with Gasteiger partial charge in [-0.2, -0.15) is 0 Å². The average molecular weight is 321 g/mol. The smallest absolute Gasteiger partial charge is 0.123 e. The first kappa shape index (κ1) is 16.9. The molecule has 3 nitrogen and oxygen atoms in total. The summed E-state index contributed by atoms with van der Waals surface area (Å²) in [7, 11) is 1.81. The van der Waals surface area contributed by atoms with Crippen molar-refractivity contribution < 1.29 is 14.2 Å². The van der Waals surface area contributed by atoms with Gasteiger partial charge in [0.15, 0.2) is 0 Å². The topological polar surface area (TPSA) is 41.5 Å². The minimum Gasteiger partial charge on any atom is -0.387 e. The first-order valence-corrected chi connectivity index (χ1v) is 8.88. The predicted molar refractivity (Wildman–Crippen MR) is 88.7 cm³/mol. The maximum Gasteiger partial charge on any atom is 0.123 e. The van der Waals surface area contributed by atoms with Crippen LogP contribution >= 0.6 is 0 Å². The van der Waals surface area contributed by atoms with Crippen molar-refractivity contribution in [2.24, 2.45) is 5.92 Å². The number of benzene rings is 1. The monoisotopic (exact) mass is 321 g/mol. The van der Waals surface area contributed by atoms with Crippen molar-refractivity contribution in [3.05, 3.63) is 35.6 Å². The molecule has 0 amide bonds. The lowest BCUT2D eigenvalue weighted by Gasteiger charge is -2.29. The highest BCUT2D eigenvalue weighted by Gasteiger charge is 2.32. The van der Waals surface area contributed by atoms with Crippen molar-refractivity contribution in [2.75, 3.05) is 7.11 Å². The van der Waals surface area contributed by atoms with Crippen LogP contribution in [-0.2, 0) is 4.74 Å². The molecule has 1 saturated heterocycles. The van der Waals surface area contributed by atoms with Crippen LogP contribution in [0.1, 0.15) is 56.6 Å². The van der Waals surface area contributed by atoms with Crippen LogP contribution in [0, 0.1) is 11.7 Å². The van der Waals surface area contributed by atoms with E-state index in [0.717, 1.165) is 18.8 Å². The number of methoxy groups -OCH3 is 1. The number of rotatable bonds is 5. The van der Waals surface area contributed by atoms with Crippen molar-refractivity contribution in [3.8, 4) is 0 Å². The summed E-state index contributed by atoms with van der Waals surface area (Å²) >= 11 is 0. The van der Waals surface area contributed by atoms with E-state index in [1.165, 1.54) is 44.2 Å². The zero-order valence-corrected chi connectivity index (χ0v) is 13.9. The molecule has 2 fully saturated rings. The molecule has 128 valence electrons. The van der Waals surface area contributed by atoms with E-state index in [-0.39, 0.29) is 11.9 Å². The van der Waals surface area contributed by atoms with Crippen molar-refractivity contribution in [3.63, 3.8) is 0 Å². The maximum absolute atomic E-state index is 13.3. The van der Waals surface area contributed by atoms with Gasteiger partial charge in [0.2, 0.25) is 0 Å². The van der Waals surface area contributed by atoms with Gasteiger partial charge in [-0.25, -0.2) is 4.39 Å². The molecule has 0 bridgehead atoms. The van der Waals surface area contributed by atoms with Gasteiger partial charge in [0.1, 0.15) is 5.82 Å². The van der Waals surface area contributed by atoms with E-state index in [1.807, 2.05) is 7.11 Å². The Morgan fingerprint density at radius 3 is 2.70 bits per heavy atom. The summed E-state index contributed by atoms with van der Waals surface area (Å²) < 4.78 is 18.8. The van der Waals surface area contributed by atoms with E-state index < -0.39 is 6.10 Å². The Bertz CT molecular complexity index is 502. The number of hydrogen-bond donors (Lipinski definition) is 2. The molecule has 2 N–H and O–H groups in total. The molecule has 1 aliphatic carbocycles. The highest BCUT2D eigenvalue weighted by atomic mass is 19.1. The molecule has 23 heavy (non-hydrogen) atoms. The minimum absolute atomic E-state index is 0.0390. The third-order valence-corrected chi connectivity index (χ3v) is 5.59. The summed E-state index contributed by atoms with van der Waals surface area (Å²) in [6, 6.07) is 6.83. The van der Waals surface area contributed by atoms with E-state index in [9.17, 15) is 9.50 Å². The first-order valence-electron chi connectivity index (χ1n) is 8.88. The number of hydrogen-bond acceptors (Lipinski definition) is 3. The number of nitrogens with one attached hydrogen (secondary N) is 1. The quantitative estimate of drug-likeness (QED) is 0.871. The van der Waals surface area contributed by atoms with E-state index in [4.69, 9.17) is 4.74 Å². The van der Waals surface area contributed by atoms with Gasteiger partial charge in [0, 0.05) is 19.2 Å². The maximum atomic E-state index is 13.3. The minimum atomic E-state index is -0.625. The molecule has 0 aromatic heterocycles. The van der Waals surface area contributed by atoms with Crippen LogP contribution in [0.2, 0.25) is 0 Å². The molecule has 1 aliphatic heterocycles. The van der Waals surface area contributed by atoms with Crippen LogP contribution in [0.3, 0.4) is 0 Å². The summed E-state index contributed by atoms with van der Waals surface area (Å²) in [6.07, 6.45) is 7.89. The van der Waals surface area contributed by atoms with Gasteiger partial charge in [-0.1, -0.05) is 12.1 Å². The van der Waals surface area contributed by atoms with Crippen molar-refractivity contribution in [1.29, 1.82) is 0 Å². The fourth-order valence-corrected chi connectivity index (χ4v) is 4.21. The average Bonchev–Trinajstić information content (AvgIpc) is 3.03. The molecule has 4 heteroatoms. The molecular formula is C19H28FNO2. The van der Waals surface area contributed by atoms with Gasteiger partial charge < -0.3 is 15.2 Å². The zero-order chi connectivity index (χ0) is 16.2. The summed E-state index contributed by atoms with van der Waals surface area (Å²) in [4.78, 5) is 0. The van der Waals surface area contributed by atoms with Crippen molar-refractivity contribution >= 4 is 0 Å². The highest BCUT2D eigenvalue weighted by molar-refractivity contribution is 5.20. The zero-order valence-electron chi connectivity index (χ0n) is 13.9. The Balaban J connectivity index is 1.49. The summed E-state index contributed by atoms with van der Waals surface area (Å²) in [5.41, 5.74) is 0.670. The standard InChI is InChI=1S/C19H28FNO2/c1-23-17-8-5-13(6-9-17)11-16-7-10-18(21-16)19(22)14-3-2-4-15(20)12-14/h2-4,12-13,16-19,21-22H,5-11H2,1H3/t13?,16-,17?,18+,19+/m0/s1. The number of aliphatic hydroxyl groups excluding tert-OH is 1. The molecule has 1 aromatic rings. The molecule has 2 aliphatic rings. The molecule has 3 rings (SSSR count). The molecule has 0 unspecified atom stereocenters. The third kappa shape index (κ3) is 4.31. The van der Waals surface area contributed by atoms with Crippen LogP contribution in [0.15, 0.2) is 24.3 Å². The Kier molecular flexibility index (Phi) is 5.67. The number of halogens is 1. The summed E-state index contributed by atoms with van der Waals surface area (Å²) in [6.45, 7) is 0. The van der Waals surface area contributed by atoms with Gasteiger partial charge in [0.25, 0.3) is 0 Å². The van der Waals surface area contributed by atoms with Crippen LogP contribution in [0.5, 0.6) is 0 Å². The summed E-state index contributed by atoms with van der Waals surface area (Å²) in [5.74, 6) is 0.481. The number of ether oxygens (including phenoxy) is 1. The van der Waals surface area contributed by atoms with Gasteiger partial charge in [-0.15, -0.1) is 0 Å². The van der Waals surface area contributed by atoms with Gasteiger partial charge in [-0.05, 0) is 68.6 Å². The van der Waals surface area contributed by atoms with Gasteiger partial charge in [0.05, 0.1) is 12.2 Å². The molecule has 0 spiro atoms. The van der Waals surface area contributed by atoms with E-state index in [2.05, 4.69) is 5.32 Å². The van der Waals surface area contributed by atoms with Crippen molar-refractivity contribution in [2.45, 2.75) is 69.2 Å². The lowest BCUT2D eigenvalue weighted by molar-refractivity contribution is 0.0538. The van der Waals surface area contributed by atoms with Crippen LogP contribution in [-0.4, -0.2) is 30.4 Å². The Hall–Kier alpha value is -0.970. The van der Waals surface area contributed by atoms with E-state index >= 15 is 0 Å². The highest BCUT2D eigenvalue weighted by Crippen LogP contribution is 2.33. The first-order chi connectivity index (χ1) is 11.2. The predicted octanol–water partition coefficient (Wildman–Crippen LogP) is 3.58. The van der Waals surface area contributed by atoms with Crippen LogP contribution in [0.4, 0.5) is 4.39 Å². The second kappa shape index (κ2) is 7.73. The Labute approximate surface area is 138 Å². The van der Waals surface area contributed by atoms with Gasteiger partial charge in [-0.3, -0.25) is 0 Å². The Morgan fingerprint density at radius 1 is 1.22 bits per heavy atom. The van der Waals surface area contributed by atoms with E-state index in [1.54, 1.807) is 12.1 Å².